The third-order valence-corrected chi connectivity index (χ3v) is 2.40. The second-order valence-corrected chi connectivity index (χ2v) is 4.82. The molecule has 0 saturated carbocycles. The van der Waals surface area contributed by atoms with Crippen LogP contribution in [0.25, 0.3) is 0 Å². The van der Waals surface area contributed by atoms with Crippen LogP contribution in [-0.4, -0.2) is 23.1 Å². The molecule has 3 N–H and O–H groups in total. The third kappa shape index (κ3) is 4.39. The Labute approximate surface area is 109 Å². The summed E-state index contributed by atoms with van der Waals surface area (Å²) < 4.78 is 5.61. The summed E-state index contributed by atoms with van der Waals surface area (Å²) in [6.07, 6.45) is 2.22. The molecule has 18 heavy (non-hydrogen) atoms. The zero-order chi connectivity index (χ0) is 13.5. The molecular weight excluding hydrogens is 228 g/mol. The Morgan fingerprint density at radius 3 is 2.67 bits per heavy atom. The minimum absolute atomic E-state index is 0.441. The summed E-state index contributed by atoms with van der Waals surface area (Å²) in [5, 5.41) is 3.23. The number of anilines is 2. The number of hydrogen-bond donors (Lipinski definition) is 2. The fraction of sp³-hybridized carbons (Fsp3) is 0.692. The maximum absolute atomic E-state index is 6.01. The Balaban J connectivity index is 2.78. The topological polar surface area (TPSA) is 73.1 Å². The molecule has 0 spiro atoms. The molecule has 0 aromatic carbocycles. The molecule has 0 bridgehead atoms. The smallest absolute Gasteiger partial charge is 0.242 e. The minimum Gasteiger partial charge on any atom is -0.476 e. The molecular formula is C13H24N4O. The minimum atomic E-state index is 0.441. The lowest BCUT2D eigenvalue weighted by atomic mass is 10.2. The molecule has 0 radical (unpaired) electrons. The van der Waals surface area contributed by atoms with E-state index >= 15 is 0 Å². The first-order valence-corrected chi connectivity index (χ1v) is 6.55. The fourth-order valence-electron chi connectivity index (χ4n) is 1.43. The van der Waals surface area contributed by atoms with E-state index in [4.69, 9.17) is 10.5 Å². The van der Waals surface area contributed by atoms with Gasteiger partial charge in [-0.25, -0.2) is 4.98 Å². The standard InChI is InChI=1S/C13H24N4O/c1-5-6-7-15-12-11(14)13(17-10(4)16-12)18-8-9(2)3/h9H,5-8,14H2,1-4H3,(H,15,16,17). The number of ether oxygens (including phenoxy) is 1. The van der Waals surface area contributed by atoms with Crippen molar-refractivity contribution in [2.45, 2.75) is 40.5 Å². The summed E-state index contributed by atoms with van der Waals surface area (Å²) in [4.78, 5) is 8.54. The first-order chi connectivity index (χ1) is 8.54. The number of nitrogens with two attached hydrogens (primary N) is 1. The first kappa shape index (κ1) is 14.5. The lowest BCUT2D eigenvalue weighted by molar-refractivity contribution is 0.262. The van der Waals surface area contributed by atoms with Crippen molar-refractivity contribution >= 4 is 11.5 Å². The van der Waals surface area contributed by atoms with E-state index in [0.29, 0.717) is 35.7 Å². The summed E-state index contributed by atoms with van der Waals surface area (Å²) in [6.45, 7) is 9.63. The highest BCUT2D eigenvalue weighted by Crippen LogP contribution is 2.26. The Morgan fingerprint density at radius 1 is 1.33 bits per heavy atom. The SMILES string of the molecule is CCCCNc1nc(C)nc(OCC(C)C)c1N. The molecule has 0 aliphatic carbocycles. The molecule has 5 nitrogen and oxygen atoms in total. The molecule has 0 atom stereocenters. The van der Waals surface area contributed by atoms with Gasteiger partial charge in [-0.3, -0.25) is 0 Å². The van der Waals surface area contributed by atoms with Crippen molar-refractivity contribution < 1.29 is 4.74 Å². The molecule has 0 saturated heterocycles. The normalized spacial score (nSPS) is 10.7. The van der Waals surface area contributed by atoms with Gasteiger partial charge in [0.15, 0.2) is 5.82 Å². The Hall–Kier alpha value is -1.52. The molecule has 0 unspecified atom stereocenters. The average molecular weight is 252 g/mol. The molecule has 1 aromatic heterocycles. The number of aryl methyl sites for hydroxylation is 1. The summed E-state index contributed by atoms with van der Waals surface area (Å²) in [6, 6.07) is 0. The Kier molecular flexibility index (Phi) is 5.68. The number of nitrogens with one attached hydrogen (secondary N) is 1. The number of nitrogen functional groups attached to an aromatic ring is 1. The zero-order valence-electron chi connectivity index (χ0n) is 11.8. The Bertz CT molecular complexity index is 379. The van der Waals surface area contributed by atoms with E-state index in [9.17, 15) is 0 Å². The van der Waals surface area contributed by atoms with Gasteiger partial charge in [-0.2, -0.15) is 4.98 Å². The number of nitrogens with zero attached hydrogens (tertiary/aromatic N) is 2. The van der Waals surface area contributed by atoms with Gasteiger partial charge in [0, 0.05) is 6.54 Å². The van der Waals surface area contributed by atoms with Crippen molar-refractivity contribution in [1.82, 2.24) is 9.97 Å². The van der Waals surface area contributed by atoms with Crippen molar-refractivity contribution in [2.75, 3.05) is 24.2 Å². The number of hydrogen-bond acceptors (Lipinski definition) is 5. The monoisotopic (exact) mass is 252 g/mol. The highest BCUT2D eigenvalue weighted by molar-refractivity contribution is 5.66. The third-order valence-electron chi connectivity index (χ3n) is 2.40. The fourth-order valence-corrected chi connectivity index (χ4v) is 1.43. The van der Waals surface area contributed by atoms with Gasteiger partial charge >= 0.3 is 0 Å². The quantitative estimate of drug-likeness (QED) is 0.730. The van der Waals surface area contributed by atoms with Crippen LogP contribution in [0.1, 0.15) is 39.4 Å². The predicted molar refractivity (Wildman–Crippen MR) is 74.9 cm³/mol. The second kappa shape index (κ2) is 7.03. The van der Waals surface area contributed by atoms with E-state index in [1.54, 1.807) is 0 Å². The first-order valence-electron chi connectivity index (χ1n) is 6.55. The summed E-state index contributed by atoms with van der Waals surface area (Å²) in [5.41, 5.74) is 6.51. The lowest BCUT2D eigenvalue weighted by Gasteiger charge is -2.14. The van der Waals surface area contributed by atoms with E-state index in [1.165, 1.54) is 0 Å². The van der Waals surface area contributed by atoms with E-state index in [2.05, 4.69) is 36.1 Å². The van der Waals surface area contributed by atoms with E-state index in [0.717, 1.165) is 19.4 Å². The molecule has 1 rings (SSSR count). The van der Waals surface area contributed by atoms with Crippen LogP contribution < -0.4 is 15.8 Å². The van der Waals surface area contributed by atoms with Crippen LogP contribution in [0.4, 0.5) is 11.5 Å². The van der Waals surface area contributed by atoms with Crippen LogP contribution in [0.2, 0.25) is 0 Å². The second-order valence-electron chi connectivity index (χ2n) is 4.82. The van der Waals surface area contributed by atoms with Gasteiger partial charge in [0.25, 0.3) is 0 Å². The summed E-state index contributed by atoms with van der Waals surface area (Å²) >= 11 is 0. The molecule has 5 heteroatoms. The van der Waals surface area contributed by atoms with Crippen LogP contribution in [0.15, 0.2) is 0 Å². The predicted octanol–water partition coefficient (Wildman–Crippen LogP) is 2.61. The molecule has 102 valence electrons. The maximum Gasteiger partial charge on any atom is 0.242 e. The lowest BCUT2D eigenvalue weighted by Crippen LogP contribution is -2.12. The molecule has 1 heterocycles. The van der Waals surface area contributed by atoms with Crippen LogP contribution >= 0.6 is 0 Å². The maximum atomic E-state index is 6.01. The van der Waals surface area contributed by atoms with Crippen molar-refractivity contribution in [3.8, 4) is 5.88 Å². The molecule has 0 fully saturated rings. The van der Waals surface area contributed by atoms with Gasteiger partial charge in [0.1, 0.15) is 11.5 Å². The molecule has 0 aliphatic heterocycles. The van der Waals surface area contributed by atoms with Gasteiger partial charge in [-0.15, -0.1) is 0 Å². The highest BCUT2D eigenvalue weighted by atomic mass is 16.5. The summed E-state index contributed by atoms with van der Waals surface area (Å²) in [5.74, 6) is 2.27. The van der Waals surface area contributed by atoms with Crippen LogP contribution in [0, 0.1) is 12.8 Å². The van der Waals surface area contributed by atoms with Crippen molar-refractivity contribution in [3.05, 3.63) is 5.82 Å². The molecule has 1 aromatic rings. The van der Waals surface area contributed by atoms with Crippen LogP contribution in [0.5, 0.6) is 5.88 Å². The molecule has 0 amide bonds. The number of aromatic nitrogens is 2. The van der Waals surface area contributed by atoms with Gasteiger partial charge in [0.05, 0.1) is 6.61 Å². The summed E-state index contributed by atoms with van der Waals surface area (Å²) in [7, 11) is 0. The van der Waals surface area contributed by atoms with Gasteiger partial charge in [0.2, 0.25) is 5.88 Å². The van der Waals surface area contributed by atoms with Crippen molar-refractivity contribution in [1.29, 1.82) is 0 Å². The highest BCUT2D eigenvalue weighted by Gasteiger charge is 2.11. The van der Waals surface area contributed by atoms with Crippen LogP contribution in [0.3, 0.4) is 0 Å². The number of unbranched alkanes of at least 4 members (excludes halogenated alkanes) is 1. The molecule has 0 aliphatic rings. The van der Waals surface area contributed by atoms with Crippen LogP contribution in [-0.2, 0) is 0 Å². The van der Waals surface area contributed by atoms with E-state index in [1.807, 2.05) is 6.92 Å². The Morgan fingerprint density at radius 2 is 2.06 bits per heavy atom. The number of rotatable bonds is 7. The zero-order valence-corrected chi connectivity index (χ0v) is 11.8. The van der Waals surface area contributed by atoms with E-state index < -0.39 is 0 Å². The largest absolute Gasteiger partial charge is 0.476 e. The van der Waals surface area contributed by atoms with Crippen molar-refractivity contribution in [2.24, 2.45) is 5.92 Å². The van der Waals surface area contributed by atoms with Gasteiger partial charge < -0.3 is 15.8 Å². The van der Waals surface area contributed by atoms with Gasteiger partial charge in [-0.05, 0) is 19.3 Å². The van der Waals surface area contributed by atoms with Gasteiger partial charge in [-0.1, -0.05) is 27.2 Å². The van der Waals surface area contributed by atoms with E-state index in [-0.39, 0.29) is 0 Å². The van der Waals surface area contributed by atoms with Crippen molar-refractivity contribution in [3.63, 3.8) is 0 Å². The average Bonchev–Trinajstić information content (AvgIpc) is 2.31.